The van der Waals surface area contributed by atoms with Crippen molar-refractivity contribution in [1.29, 1.82) is 0 Å². The van der Waals surface area contributed by atoms with Crippen LogP contribution in [0.4, 0.5) is 5.69 Å². The normalized spacial score (nSPS) is 12.9. The minimum absolute atomic E-state index is 0.0551. The molecule has 0 saturated heterocycles. The highest BCUT2D eigenvalue weighted by Gasteiger charge is 2.22. The van der Waals surface area contributed by atoms with Crippen LogP contribution in [-0.4, -0.2) is 46.5 Å². The zero-order valence-corrected chi connectivity index (χ0v) is 17.3. The standard InChI is InChI=1S/C22H30N4O2/c1-16(17-9-7-6-8-10-17)24-22(28)21(27)23-15-20(26(4)5)18-11-13-19(14-12-18)25(2)3/h6-14,16,20H,15H2,1-5H3,(H,23,27)(H,24,28)/p+1/t16-,20-/m0/s1. The molecule has 6 heteroatoms. The Morgan fingerprint density at radius 1 is 0.929 bits per heavy atom. The highest BCUT2D eigenvalue weighted by atomic mass is 16.2. The van der Waals surface area contributed by atoms with Crippen molar-refractivity contribution in [2.45, 2.75) is 19.0 Å². The third kappa shape index (κ3) is 5.82. The topological polar surface area (TPSA) is 65.9 Å². The van der Waals surface area contributed by atoms with E-state index in [4.69, 9.17) is 0 Å². The summed E-state index contributed by atoms with van der Waals surface area (Å²) in [6, 6.07) is 17.6. The Bertz CT molecular complexity index is 773. The number of likely N-dealkylation sites (N-methyl/N-ethyl adjacent to an activating group) is 1. The molecular formula is C22H31N4O2+. The number of nitrogens with one attached hydrogen (secondary N) is 3. The molecule has 2 aromatic carbocycles. The fraction of sp³-hybridized carbons (Fsp3) is 0.364. The number of hydrogen-bond donors (Lipinski definition) is 3. The van der Waals surface area contributed by atoms with Crippen molar-refractivity contribution in [3.63, 3.8) is 0 Å². The molecule has 2 aromatic rings. The van der Waals surface area contributed by atoms with Gasteiger partial charge >= 0.3 is 11.8 Å². The Morgan fingerprint density at radius 2 is 1.54 bits per heavy atom. The van der Waals surface area contributed by atoms with E-state index in [0.717, 1.165) is 16.8 Å². The predicted octanol–water partition coefficient (Wildman–Crippen LogP) is 0.932. The van der Waals surface area contributed by atoms with Crippen LogP contribution < -0.4 is 20.4 Å². The number of carbonyl (C=O) groups excluding carboxylic acids is 2. The molecule has 0 heterocycles. The van der Waals surface area contributed by atoms with E-state index in [9.17, 15) is 9.59 Å². The van der Waals surface area contributed by atoms with Crippen LogP contribution in [0.5, 0.6) is 0 Å². The van der Waals surface area contributed by atoms with Gasteiger partial charge in [0.25, 0.3) is 0 Å². The van der Waals surface area contributed by atoms with Crippen LogP contribution in [0.15, 0.2) is 54.6 Å². The summed E-state index contributed by atoms with van der Waals surface area (Å²) in [4.78, 5) is 27.7. The average molecular weight is 384 g/mol. The quantitative estimate of drug-likeness (QED) is 0.624. The van der Waals surface area contributed by atoms with E-state index in [1.807, 2.05) is 70.3 Å². The van der Waals surface area contributed by atoms with Crippen LogP contribution >= 0.6 is 0 Å². The first kappa shape index (κ1) is 21.4. The van der Waals surface area contributed by atoms with Gasteiger partial charge in [-0.2, -0.15) is 0 Å². The summed E-state index contributed by atoms with van der Waals surface area (Å²) in [5.74, 6) is -1.23. The monoisotopic (exact) mass is 383 g/mol. The van der Waals surface area contributed by atoms with Gasteiger partial charge in [-0.25, -0.2) is 0 Å². The van der Waals surface area contributed by atoms with Crippen molar-refractivity contribution in [1.82, 2.24) is 10.6 Å². The molecule has 0 aliphatic heterocycles. The fourth-order valence-electron chi connectivity index (χ4n) is 3.02. The molecule has 3 N–H and O–H groups in total. The molecule has 0 spiro atoms. The molecule has 150 valence electrons. The molecule has 0 aliphatic rings. The minimum Gasteiger partial charge on any atom is -0.378 e. The van der Waals surface area contributed by atoms with Crippen molar-refractivity contribution in [3.05, 3.63) is 65.7 Å². The lowest BCUT2D eigenvalue weighted by Crippen LogP contribution is -3.07. The second kappa shape index (κ2) is 9.90. The molecule has 2 rings (SSSR count). The average Bonchev–Trinajstić information content (AvgIpc) is 2.68. The Hall–Kier alpha value is -2.86. The fourth-order valence-corrected chi connectivity index (χ4v) is 3.02. The number of carbonyl (C=O) groups is 2. The molecule has 0 fully saturated rings. The predicted molar refractivity (Wildman–Crippen MR) is 112 cm³/mol. The van der Waals surface area contributed by atoms with Gasteiger partial charge in [-0.15, -0.1) is 0 Å². The maximum atomic E-state index is 12.3. The van der Waals surface area contributed by atoms with Gasteiger partial charge in [0.1, 0.15) is 6.04 Å². The minimum atomic E-state index is -0.619. The summed E-state index contributed by atoms with van der Waals surface area (Å²) < 4.78 is 0. The molecule has 2 amide bonds. The number of nitrogens with zero attached hydrogens (tertiary/aromatic N) is 1. The summed E-state index contributed by atoms with van der Waals surface area (Å²) in [5.41, 5.74) is 3.19. The summed E-state index contributed by atoms with van der Waals surface area (Å²) in [5, 5.41) is 5.52. The van der Waals surface area contributed by atoms with Crippen molar-refractivity contribution in [2.75, 3.05) is 39.6 Å². The first-order valence-corrected chi connectivity index (χ1v) is 9.50. The maximum Gasteiger partial charge on any atom is 0.309 e. The number of rotatable bonds is 7. The second-order valence-electron chi connectivity index (χ2n) is 7.43. The Kier molecular flexibility index (Phi) is 7.58. The smallest absolute Gasteiger partial charge is 0.309 e. The van der Waals surface area contributed by atoms with Gasteiger partial charge in [0.05, 0.1) is 26.7 Å². The van der Waals surface area contributed by atoms with E-state index in [2.05, 4.69) is 34.9 Å². The van der Waals surface area contributed by atoms with Gasteiger partial charge in [-0.05, 0) is 24.6 Å². The summed E-state index contributed by atoms with van der Waals surface area (Å²) in [7, 11) is 8.07. The van der Waals surface area contributed by atoms with Crippen molar-refractivity contribution >= 4 is 17.5 Å². The first-order valence-electron chi connectivity index (χ1n) is 9.50. The van der Waals surface area contributed by atoms with E-state index < -0.39 is 11.8 Å². The molecule has 2 atom stereocenters. The maximum absolute atomic E-state index is 12.3. The molecule has 6 nitrogen and oxygen atoms in total. The van der Waals surface area contributed by atoms with Crippen LogP contribution in [-0.2, 0) is 9.59 Å². The van der Waals surface area contributed by atoms with Gasteiger partial charge in [-0.1, -0.05) is 42.5 Å². The molecule has 28 heavy (non-hydrogen) atoms. The van der Waals surface area contributed by atoms with Crippen LogP contribution in [0.2, 0.25) is 0 Å². The summed E-state index contributed by atoms with van der Waals surface area (Å²) in [6.45, 7) is 2.25. The first-order chi connectivity index (χ1) is 13.3. The molecule has 0 bridgehead atoms. The van der Waals surface area contributed by atoms with Crippen LogP contribution in [0, 0.1) is 0 Å². The van der Waals surface area contributed by atoms with E-state index in [0.29, 0.717) is 6.54 Å². The second-order valence-corrected chi connectivity index (χ2v) is 7.43. The van der Waals surface area contributed by atoms with Crippen molar-refractivity contribution in [2.24, 2.45) is 0 Å². The Balaban J connectivity index is 1.95. The molecule has 0 aromatic heterocycles. The highest BCUT2D eigenvalue weighted by Crippen LogP contribution is 2.16. The zero-order chi connectivity index (χ0) is 20.7. The molecular weight excluding hydrogens is 352 g/mol. The third-order valence-corrected chi connectivity index (χ3v) is 4.83. The van der Waals surface area contributed by atoms with Crippen molar-refractivity contribution in [3.8, 4) is 0 Å². The molecule has 0 radical (unpaired) electrons. The number of amides is 2. The van der Waals surface area contributed by atoms with Gasteiger partial charge in [-0.3, -0.25) is 9.59 Å². The van der Waals surface area contributed by atoms with E-state index in [1.54, 1.807) is 0 Å². The number of hydrogen-bond acceptors (Lipinski definition) is 3. The van der Waals surface area contributed by atoms with Gasteiger partial charge in [0, 0.05) is 25.3 Å². The number of benzene rings is 2. The van der Waals surface area contributed by atoms with Crippen LogP contribution in [0.1, 0.15) is 30.1 Å². The molecule has 0 aliphatic carbocycles. The Morgan fingerprint density at radius 3 is 2.07 bits per heavy atom. The van der Waals surface area contributed by atoms with Crippen molar-refractivity contribution < 1.29 is 14.5 Å². The largest absolute Gasteiger partial charge is 0.378 e. The third-order valence-electron chi connectivity index (χ3n) is 4.83. The van der Waals surface area contributed by atoms with Crippen LogP contribution in [0.3, 0.4) is 0 Å². The molecule has 0 saturated carbocycles. The van der Waals surface area contributed by atoms with Gasteiger partial charge in [0.2, 0.25) is 0 Å². The summed E-state index contributed by atoms with van der Waals surface area (Å²) in [6.07, 6.45) is 0. The van der Waals surface area contributed by atoms with Gasteiger partial charge in [0.15, 0.2) is 0 Å². The number of anilines is 1. The van der Waals surface area contributed by atoms with Gasteiger partial charge < -0.3 is 20.4 Å². The molecule has 0 unspecified atom stereocenters. The van der Waals surface area contributed by atoms with E-state index in [-0.39, 0.29) is 12.1 Å². The Labute approximate surface area is 167 Å². The lowest BCUT2D eigenvalue weighted by molar-refractivity contribution is -0.890. The van der Waals surface area contributed by atoms with E-state index >= 15 is 0 Å². The number of quaternary nitrogens is 1. The zero-order valence-electron chi connectivity index (χ0n) is 17.3. The lowest BCUT2D eigenvalue weighted by atomic mass is 10.1. The van der Waals surface area contributed by atoms with E-state index in [1.165, 1.54) is 4.90 Å². The highest BCUT2D eigenvalue weighted by molar-refractivity contribution is 6.35. The lowest BCUT2D eigenvalue weighted by Gasteiger charge is -2.23. The SMILES string of the molecule is C[C@H](NC(=O)C(=O)NC[C@@H](c1ccc(N(C)C)cc1)[NH+](C)C)c1ccccc1. The summed E-state index contributed by atoms with van der Waals surface area (Å²) >= 11 is 0. The van der Waals surface area contributed by atoms with Crippen LogP contribution in [0.25, 0.3) is 0 Å².